The molecule has 5 rings (SSSR count). The van der Waals surface area contributed by atoms with Crippen LogP contribution in [0.15, 0.2) is 59.3 Å². The van der Waals surface area contributed by atoms with Crippen LogP contribution in [0.5, 0.6) is 0 Å². The summed E-state index contributed by atoms with van der Waals surface area (Å²) in [4.78, 5) is 19.6. The van der Waals surface area contributed by atoms with Crippen molar-refractivity contribution in [3.05, 3.63) is 60.5 Å². The summed E-state index contributed by atoms with van der Waals surface area (Å²) >= 11 is 0. The number of hydrogen-bond acceptors (Lipinski definition) is 6. The molecule has 3 aromatic rings. The number of amides is 1. The summed E-state index contributed by atoms with van der Waals surface area (Å²) in [5, 5.41) is 11.0. The molecule has 0 bridgehead atoms. The van der Waals surface area contributed by atoms with Crippen LogP contribution in [0.1, 0.15) is 18.6 Å². The Morgan fingerprint density at radius 3 is 2.71 bits per heavy atom. The predicted molar refractivity (Wildman–Crippen MR) is 106 cm³/mol. The van der Waals surface area contributed by atoms with Crippen molar-refractivity contribution in [3.63, 3.8) is 0 Å². The number of carbonyl (C=O) groups is 1. The second kappa shape index (κ2) is 6.76. The van der Waals surface area contributed by atoms with Gasteiger partial charge in [-0.2, -0.15) is 0 Å². The Balaban J connectivity index is 1.48. The standard InChI is InChI=1S/C21H21N5O2/c27-20-21(8-11-22-12-9-21)24-17-6-1-2-7-19(17)26(20)14-15-13-18(25-28-15)16-5-3-4-10-23-16/h1-7,10,13,22,24H,8-9,11-12,14H2. The molecule has 0 radical (unpaired) electrons. The molecule has 0 unspecified atom stereocenters. The molecule has 7 nitrogen and oxygen atoms in total. The van der Waals surface area contributed by atoms with Gasteiger partial charge in [0, 0.05) is 12.3 Å². The van der Waals surface area contributed by atoms with Gasteiger partial charge in [0.1, 0.15) is 11.2 Å². The quantitative estimate of drug-likeness (QED) is 0.732. The van der Waals surface area contributed by atoms with Crippen LogP contribution in [0.25, 0.3) is 11.4 Å². The van der Waals surface area contributed by atoms with Gasteiger partial charge in [-0.1, -0.05) is 23.4 Å². The maximum Gasteiger partial charge on any atom is 0.253 e. The first-order valence-corrected chi connectivity index (χ1v) is 9.52. The van der Waals surface area contributed by atoms with Crippen molar-refractivity contribution in [2.45, 2.75) is 24.9 Å². The number of rotatable bonds is 3. The van der Waals surface area contributed by atoms with Crippen LogP contribution in [0.2, 0.25) is 0 Å². The number of benzene rings is 1. The van der Waals surface area contributed by atoms with Gasteiger partial charge in [0.25, 0.3) is 5.91 Å². The molecule has 1 aromatic carbocycles. The number of aromatic nitrogens is 2. The molecule has 1 spiro atoms. The topological polar surface area (TPSA) is 83.3 Å². The average molecular weight is 375 g/mol. The highest BCUT2D eigenvalue weighted by Crippen LogP contribution is 2.39. The molecule has 2 aliphatic heterocycles. The van der Waals surface area contributed by atoms with Crippen molar-refractivity contribution in [3.8, 4) is 11.4 Å². The third-order valence-corrected chi connectivity index (χ3v) is 5.48. The molecule has 7 heteroatoms. The van der Waals surface area contributed by atoms with Gasteiger partial charge in [0.2, 0.25) is 0 Å². The van der Waals surface area contributed by atoms with Crippen LogP contribution in [0.3, 0.4) is 0 Å². The van der Waals surface area contributed by atoms with E-state index in [4.69, 9.17) is 4.52 Å². The van der Waals surface area contributed by atoms with Crippen LogP contribution >= 0.6 is 0 Å². The highest BCUT2D eigenvalue weighted by atomic mass is 16.5. The van der Waals surface area contributed by atoms with Crippen LogP contribution in [0.4, 0.5) is 11.4 Å². The number of pyridine rings is 1. The molecule has 1 saturated heterocycles. The van der Waals surface area contributed by atoms with E-state index in [1.165, 1.54) is 0 Å². The van der Waals surface area contributed by atoms with Crippen molar-refractivity contribution < 1.29 is 9.32 Å². The molecular weight excluding hydrogens is 354 g/mol. The van der Waals surface area contributed by atoms with Gasteiger partial charge >= 0.3 is 0 Å². The Hall–Kier alpha value is -3.19. The van der Waals surface area contributed by atoms with Crippen LogP contribution in [0, 0.1) is 0 Å². The smallest absolute Gasteiger partial charge is 0.253 e. The maximum absolute atomic E-state index is 13.5. The lowest BCUT2D eigenvalue weighted by atomic mass is 9.84. The highest BCUT2D eigenvalue weighted by Gasteiger charge is 2.46. The van der Waals surface area contributed by atoms with E-state index in [9.17, 15) is 4.79 Å². The number of anilines is 2. The van der Waals surface area contributed by atoms with Gasteiger partial charge in [-0.05, 0) is 50.2 Å². The van der Waals surface area contributed by atoms with Gasteiger partial charge in [0.05, 0.1) is 23.6 Å². The maximum atomic E-state index is 13.5. The predicted octanol–water partition coefficient (Wildman–Crippen LogP) is 2.82. The number of hydrogen-bond donors (Lipinski definition) is 2. The van der Waals surface area contributed by atoms with Crippen molar-refractivity contribution in [2.24, 2.45) is 0 Å². The molecule has 2 aromatic heterocycles. The zero-order valence-electron chi connectivity index (χ0n) is 15.4. The third kappa shape index (κ3) is 2.84. The summed E-state index contributed by atoms with van der Waals surface area (Å²) in [6.07, 6.45) is 3.24. The first-order chi connectivity index (χ1) is 13.8. The second-order valence-electron chi connectivity index (χ2n) is 7.26. The fraction of sp³-hybridized carbons (Fsp3) is 0.286. The van der Waals surface area contributed by atoms with Gasteiger partial charge in [-0.15, -0.1) is 0 Å². The summed E-state index contributed by atoms with van der Waals surface area (Å²) < 4.78 is 5.54. The summed E-state index contributed by atoms with van der Waals surface area (Å²) in [5.74, 6) is 0.721. The largest absolute Gasteiger partial charge is 0.369 e. The zero-order chi connectivity index (χ0) is 19.0. The first-order valence-electron chi connectivity index (χ1n) is 9.52. The van der Waals surface area contributed by atoms with E-state index < -0.39 is 5.54 Å². The number of nitrogens with zero attached hydrogens (tertiary/aromatic N) is 3. The first kappa shape index (κ1) is 16.9. The summed E-state index contributed by atoms with van der Waals surface area (Å²) in [5.41, 5.74) is 2.70. The van der Waals surface area contributed by atoms with Gasteiger partial charge in [-0.25, -0.2) is 0 Å². The van der Waals surface area contributed by atoms with Gasteiger partial charge in [0.15, 0.2) is 5.76 Å². The summed E-state index contributed by atoms with van der Waals surface area (Å²) in [7, 11) is 0. The van der Waals surface area contributed by atoms with Crippen molar-refractivity contribution in [2.75, 3.05) is 23.3 Å². The lowest BCUT2D eigenvalue weighted by Gasteiger charge is -2.45. The number of nitrogens with one attached hydrogen (secondary N) is 2. The molecule has 2 N–H and O–H groups in total. The Morgan fingerprint density at radius 2 is 1.89 bits per heavy atom. The lowest BCUT2D eigenvalue weighted by molar-refractivity contribution is -0.124. The number of piperidine rings is 1. The molecule has 28 heavy (non-hydrogen) atoms. The van der Waals surface area contributed by atoms with Crippen LogP contribution < -0.4 is 15.5 Å². The van der Waals surface area contributed by atoms with Crippen molar-refractivity contribution >= 4 is 17.3 Å². The molecule has 1 fully saturated rings. The third-order valence-electron chi connectivity index (χ3n) is 5.48. The minimum atomic E-state index is -0.566. The zero-order valence-corrected chi connectivity index (χ0v) is 15.4. The summed E-state index contributed by atoms with van der Waals surface area (Å²) in [6.45, 7) is 1.98. The van der Waals surface area contributed by atoms with E-state index in [2.05, 4.69) is 20.8 Å². The van der Waals surface area contributed by atoms with E-state index in [1.54, 1.807) is 6.20 Å². The monoisotopic (exact) mass is 375 g/mol. The Labute approximate surface area is 162 Å². The molecule has 142 valence electrons. The molecule has 0 aliphatic carbocycles. The second-order valence-corrected chi connectivity index (χ2v) is 7.26. The van der Waals surface area contributed by atoms with E-state index in [0.717, 1.165) is 43.0 Å². The highest BCUT2D eigenvalue weighted by molar-refractivity contribution is 6.07. The fourth-order valence-corrected chi connectivity index (χ4v) is 4.02. The Kier molecular flexibility index (Phi) is 4.09. The van der Waals surface area contributed by atoms with Crippen LogP contribution in [-0.4, -0.2) is 34.7 Å². The minimum absolute atomic E-state index is 0.0866. The van der Waals surface area contributed by atoms with E-state index in [-0.39, 0.29) is 5.91 Å². The normalized spacial score (nSPS) is 18.0. The fourth-order valence-electron chi connectivity index (χ4n) is 4.02. The molecule has 4 heterocycles. The van der Waals surface area contributed by atoms with Gasteiger partial charge in [-0.3, -0.25) is 9.78 Å². The lowest BCUT2D eigenvalue weighted by Crippen LogP contribution is -2.61. The van der Waals surface area contributed by atoms with E-state index >= 15 is 0 Å². The Morgan fingerprint density at radius 1 is 1.07 bits per heavy atom. The number of para-hydroxylation sites is 2. The number of fused-ring (bicyclic) bond motifs is 1. The van der Waals surface area contributed by atoms with Gasteiger partial charge < -0.3 is 20.1 Å². The van der Waals surface area contributed by atoms with Crippen molar-refractivity contribution in [1.82, 2.24) is 15.5 Å². The average Bonchev–Trinajstić information content (AvgIpc) is 3.21. The number of carbonyl (C=O) groups excluding carboxylic acids is 1. The van der Waals surface area contributed by atoms with E-state index in [0.29, 0.717) is 18.0 Å². The minimum Gasteiger partial charge on any atom is -0.369 e. The molecule has 0 saturated carbocycles. The molecule has 0 atom stereocenters. The molecule has 2 aliphatic rings. The molecule has 1 amide bonds. The summed E-state index contributed by atoms with van der Waals surface area (Å²) in [6, 6.07) is 15.4. The van der Waals surface area contributed by atoms with Crippen LogP contribution in [-0.2, 0) is 11.3 Å². The van der Waals surface area contributed by atoms with E-state index in [1.807, 2.05) is 53.4 Å². The SMILES string of the molecule is O=C1N(Cc2cc(-c3ccccn3)no2)c2ccccc2NC12CCNCC2. The molecular formula is C21H21N5O2. The Bertz CT molecular complexity index is 995. The van der Waals surface area contributed by atoms with Crippen molar-refractivity contribution in [1.29, 1.82) is 0 Å².